The fourth-order valence-electron chi connectivity index (χ4n) is 2.45. The van der Waals surface area contributed by atoms with Gasteiger partial charge in [-0.3, -0.25) is 0 Å². The number of halogens is 1. The van der Waals surface area contributed by atoms with Crippen LogP contribution in [0.15, 0.2) is 40.4 Å². The third-order valence-electron chi connectivity index (χ3n) is 3.95. The summed E-state index contributed by atoms with van der Waals surface area (Å²) in [5.41, 5.74) is 1.48. The molecule has 3 heteroatoms. The van der Waals surface area contributed by atoms with E-state index in [9.17, 15) is 5.11 Å². The summed E-state index contributed by atoms with van der Waals surface area (Å²) in [5, 5.41) is 10.7. The number of aliphatic hydroxyl groups is 1. The lowest BCUT2D eigenvalue weighted by molar-refractivity contribution is -0.0123. The molecule has 2 atom stereocenters. The van der Waals surface area contributed by atoms with Gasteiger partial charge in [0.25, 0.3) is 0 Å². The molecule has 0 amide bonds. The molecule has 104 valence electrons. The number of benzene rings is 1. The first-order valence-corrected chi connectivity index (χ1v) is 7.49. The molecule has 1 aliphatic carbocycles. The van der Waals surface area contributed by atoms with Gasteiger partial charge >= 0.3 is 0 Å². The zero-order chi connectivity index (χ0) is 14.0. The van der Waals surface area contributed by atoms with Crippen molar-refractivity contribution in [3.8, 4) is 0 Å². The molecular weight excluding hydrogens is 304 g/mol. The largest absolute Gasteiger partial charge is 0.384 e. The van der Waals surface area contributed by atoms with Crippen LogP contribution in [0.1, 0.15) is 32.8 Å². The number of hydrogen-bond acceptors (Lipinski definition) is 2. The summed E-state index contributed by atoms with van der Waals surface area (Å²) < 4.78 is 6.87. The first kappa shape index (κ1) is 14.8. The van der Waals surface area contributed by atoms with Gasteiger partial charge in [0.05, 0.1) is 12.7 Å². The van der Waals surface area contributed by atoms with Crippen molar-refractivity contribution in [2.45, 2.75) is 45.5 Å². The average Bonchev–Trinajstić information content (AvgIpc) is 2.63. The van der Waals surface area contributed by atoms with E-state index >= 15 is 0 Å². The van der Waals surface area contributed by atoms with Gasteiger partial charge in [0, 0.05) is 10.9 Å². The Labute approximate surface area is 123 Å². The Kier molecular flexibility index (Phi) is 4.49. The summed E-state index contributed by atoms with van der Waals surface area (Å²) in [6.07, 6.45) is 0.617. The van der Waals surface area contributed by atoms with E-state index < -0.39 is 5.60 Å². The zero-order valence-corrected chi connectivity index (χ0v) is 13.3. The third kappa shape index (κ3) is 2.93. The van der Waals surface area contributed by atoms with Crippen LogP contribution in [0.4, 0.5) is 0 Å². The lowest BCUT2D eigenvalue weighted by Gasteiger charge is -2.28. The molecule has 1 N–H and O–H groups in total. The van der Waals surface area contributed by atoms with Gasteiger partial charge in [0.2, 0.25) is 0 Å². The molecule has 0 radical (unpaired) electrons. The van der Waals surface area contributed by atoms with Gasteiger partial charge in [-0.15, -0.1) is 0 Å². The topological polar surface area (TPSA) is 29.5 Å². The molecule has 1 aromatic carbocycles. The van der Waals surface area contributed by atoms with E-state index in [1.54, 1.807) is 0 Å². The molecule has 2 nitrogen and oxygen atoms in total. The maximum atomic E-state index is 10.7. The zero-order valence-electron chi connectivity index (χ0n) is 11.7. The van der Waals surface area contributed by atoms with Crippen LogP contribution < -0.4 is 0 Å². The highest BCUT2D eigenvalue weighted by atomic mass is 79.9. The average molecular weight is 325 g/mol. The van der Waals surface area contributed by atoms with Crippen molar-refractivity contribution >= 4 is 15.9 Å². The van der Waals surface area contributed by atoms with Gasteiger partial charge in [-0.1, -0.05) is 60.1 Å². The Balaban J connectivity index is 2.04. The highest BCUT2D eigenvalue weighted by Crippen LogP contribution is 2.45. The highest BCUT2D eigenvalue weighted by Gasteiger charge is 2.44. The van der Waals surface area contributed by atoms with Gasteiger partial charge in [-0.25, -0.2) is 0 Å². The van der Waals surface area contributed by atoms with Gasteiger partial charge in [-0.2, -0.15) is 0 Å². The number of hydrogen-bond donors (Lipinski definition) is 1. The maximum Gasteiger partial charge on any atom is 0.101 e. The molecule has 0 saturated carbocycles. The van der Waals surface area contributed by atoms with Crippen molar-refractivity contribution in [2.75, 3.05) is 0 Å². The van der Waals surface area contributed by atoms with Gasteiger partial charge in [-0.05, 0) is 24.0 Å². The van der Waals surface area contributed by atoms with E-state index in [0.29, 0.717) is 13.0 Å². The fourth-order valence-corrected chi connectivity index (χ4v) is 3.33. The standard InChI is InChI=1S/C16H21BrO2/c1-11(2)16(18)9-14(12(3)15(16)17)19-10-13-7-5-4-6-8-13/h4-8,11,14,18H,9-10H2,1-3H3/t14-,16-/m0/s1. The summed E-state index contributed by atoms with van der Waals surface area (Å²) in [5.74, 6) is 0.169. The highest BCUT2D eigenvalue weighted by molar-refractivity contribution is 9.11. The van der Waals surface area contributed by atoms with Crippen LogP contribution in [-0.2, 0) is 11.3 Å². The summed E-state index contributed by atoms with van der Waals surface area (Å²) in [6, 6.07) is 10.1. The summed E-state index contributed by atoms with van der Waals surface area (Å²) in [4.78, 5) is 0. The predicted molar refractivity (Wildman–Crippen MR) is 81.1 cm³/mol. The lowest BCUT2D eigenvalue weighted by Crippen LogP contribution is -2.34. The normalized spacial score (nSPS) is 27.4. The van der Waals surface area contributed by atoms with E-state index in [1.807, 2.05) is 39.0 Å². The summed E-state index contributed by atoms with van der Waals surface area (Å²) >= 11 is 3.54. The Morgan fingerprint density at radius 1 is 1.37 bits per heavy atom. The molecule has 0 heterocycles. The second-order valence-electron chi connectivity index (χ2n) is 5.57. The Morgan fingerprint density at radius 2 is 2.00 bits per heavy atom. The van der Waals surface area contributed by atoms with Crippen LogP contribution in [0.3, 0.4) is 0 Å². The smallest absolute Gasteiger partial charge is 0.101 e. The molecule has 1 aromatic rings. The third-order valence-corrected chi connectivity index (χ3v) is 5.27. The Hall–Kier alpha value is -0.640. The van der Waals surface area contributed by atoms with Crippen LogP contribution >= 0.6 is 15.9 Å². The van der Waals surface area contributed by atoms with E-state index in [2.05, 4.69) is 28.1 Å². The first-order chi connectivity index (χ1) is 8.95. The van der Waals surface area contributed by atoms with Gasteiger partial charge in [0.15, 0.2) is 0 Å². The van der Waals surface area contributed by atoms with E-state index in [4.69, 9.17) is 4.74 Å². The van der Waals surface area contributed by atoms with Crippen molar-refractivity contribution in [3.63, 3.8) is 0 Å². The van der Waals surface area contributed by atoms with Crippen molar-refractivity contribution in [1.29, 1.82) is 0 Å². The number of ether oxygens (including phenoxy) is 1. The van der Waals surface area contributed by atoms with Crippen LogP contribution in [0.5, 0.6) is 0 Å². The molecule has 0 unspecified atom stereocenters. The van der Waals surface area contributed by atoms with Crippen molar-refractivity contribution in [2.24, 2.45) is 5.92 Å². The van der Waals surface area contributed by atoms with Crippen LogP contribution in [0, 0.1) is 5.92 Å². The minimum atomic E-state index is -0.786. The monoisotopic (exact) mass is 324 g/mol. The molecule has 0 spiro atoms. The quantitative estimate of drug-likeness (QED) is 0.906. The molecule has 0 fully saturated rings. The Bertz CT molecular complexity index is 467. The molecule has 0 aromatic heterocycles. The minimum absolute atomic E-state index is 0.0121. The van der Waals surface area contributed by atoms with E-state index in [1.165, 1.54) is 0 Å². The predicted octanol–water partition coefficient (Wildman–Crippen LogP) is 4.03. The second kappa shape index (κ2) is 5.78. The van der Waals surface area contributed by atoms with E-state index in [0.717, 1.165) is 15.6 Å². The summed E-state index contributed by atoms with van der Waals surface area (Å²) in [6.45, 7) is 6.68. The van der Waals surface area contributed by atoms with Crippen molar-refractivity contribution in [1.82, 2.24) is 0 Å². The van der Waals surface area contributed by atoms with Gasteiger partial charge < -0.3 is 9.84 Å². The van der Waals surface area contributed by atoms with Crippen molar-refractivity contribution in [3.05, 3.63) is 46.0 Å². The van der Waals surface area contributed by atoms with E-state index in [-0.39, 0.29) is 12.0 Å². The number of rotatable bonds is 4. The molecular formula is C16H21BrO2. The lowest BCUT2D eigenvalue weighted by atomic mass is 9.89. The first-order valence-electron chi connectivity index (χ1n) is 6.70. The molecule has 0 aliphatic heterocycles. The van der Waals surface area contributed by atoms with Crippen LogP contribution in [-0.4, -0.2) is 16.8 Å². The van der Waals surface area contributed by atoms with Crippen LogP contribution in [0.2, 0.25) is 0 Å². The minimum Gasteiger partial charge on any atom is -0.384 e. The SMILES string of the molecule is CC1=C(Br)[C@@](O)(C(C)C)C[C@@H]1OCc1ccccc1. The fraction of sp³-hybridized carbons (Fsp3) is 0.500. The Morgan fingerprint density at radius 3 is 2.53 bits per heavy atom. The second-order valence-corrected chi connectivity index (χ2v) is 6.36. The molecule has 0 saturated heterocycles. The molecule has 1 aliphatic rings. The maximum absolute atomic E-state index is 10.7. The summed E-state index contributed by atoms with van der Waals surface area (Å²) in [7, 11) is 0. The molecule has 2 rings (SSSR count). The molecule has 0 bridgehead atoms. The van der Waals surface area contributed by atoms with Crippen LogP contribution in [0.25, 0.3) is 0 Å². The van der Waals surface area contributed by atoms with Crippen molar-refractivity contribution < 1.29 is 9.84 Å². The molecule has 19 heavy (non-hydrogen) atoms. The van der Waals surface area contributed by atoms with Gasteiger partial charge in [0.1, 0.15) is 5.60 Å².